The summed E-state index contributed by atoms with van der Waals surface area (Å²) in [6.45, 7) is 2.17. The fourth-order valence-electron chi connectivity index (χ4n) is 1.12. The Morgan fingerprint density at radius 3 is 2.40 bits per heavy atom. The lowest BCUT2D eigenvalue weighted by molar-refractivity contribution is -0.104. The first-order valence-electron chi connectivity index (χ1n) is 5.33. The predicted octanol–water partition coefficient (Wildman–Crippen LogP) is 3.06. The smallest absolute Gasteiger partial charge is 0.142 e. The summed E-state index contributed by atoms with van der Waals surface area (Å²) in [4.78, 5) is 9.95. The normalized spacial score (nSPS) is 14.3. The Morgan fingerprint density at radius 2 is 1.80 bits per heavy atom. The molecule has 1 atom stereocenters. The van der Waals surface area contributed by atoms with E-state index in [1.54, 1.807) is 13.2 Å². The van der Waals surface area contributed by atoms with Gasteiger partial charge in [-0.3, -0.25) is 4.79 Å². The average molecular weight is 208 g/mol. The molecule has 0 aromatic rings. The molecule has 0 fully saturated rings. The molecule has 0 N–H and O–H groups in total. The lowest BCUT2D eigenvalue weighted by atomic mass is 10.1. The molecule has 2 nitrogen and oxygen atoms in total. The summed E-state index contributed by atoms with van der Waals surface area (Å²) in [6.07, 6.45) is 15.2. The molecule has 0 saturated carbocycles. The van der Waals surface area contributed by atoms with Crippen molar-refractivity contribution in [1.29, 1.82) is 0 Å². The molecule has 0 bridgehead atoms. The molecule has 1 unspecified atom stereocenters. The van der Waals surface area contributed by atoms with Crippen molar-refractivity contribution in [3.05, 3.63) is 36.5 Å². The van der Waals surface area contributed by atoms with Gasteiger partial charge in [-0.15, -0.1) is 0 Å². The van der Waals surface area contributed by atoms with Gasteiger partial charge in [-0.05, 0) is 12.5 Å². The molecule has 0 saturated heterocycles. The Balaban J connectivity index is 3.84. The largest absolute Gasteiger partial charge is 0.377 e. The van der Waals surface area contributed by atoms with Gasteiger partial charge in [-0.1, -0.05) is 50.1 Å². The topological polar surface area (TPSA) is 26.3 Å². The molecular formula is C13H20O2. The molecule has 2 heteroatoms. The Bertz CT molecular complexity index is 227. The van der Waals surface area contributed by atoms with E-state index in [1.165, 1.54) is 18.9 Å². The second-order valence-electron chi connectivity index (χ2n) is 3.21. The van der Waals surface area contributed by atoms with E-state index in [4.69, 9.17) is 4.74 Å². The molecule has 0 aliphatic heterocycles. The summed E-state index contributed by atoms with van der Waals surface area (Å²) in [6, 6.07) is 0. The number of methoxy groups -OCH3 is 1. The first kappa shape index (κ1) is 13.8. The predicted molar refractivity (Wildman–Crippen MR) is 63.8 cm³/mol. The van der Waals surface area contributed by atoms with Crippen molar-refractivity contribution < 1.29 is 9.53 Å². The first-order chi connectivity index (χ1) is 7.35. The monoisotopic (exact) mass is 208 g/mol. The van der Waals surface area contributed by atoms with Crippen LogP contribution >= 0.6 is 0 Å². The molecule has 0 aromatic carbocycles. The van der Waals surface area contributed by atoms with Crippen molar-refractivity contribution in [2.45, 2.75) is 32.3 Å². The van der Waals surface area contributed by atoms with Gasteiger partial charge in [-0.2, -0.15) is 0 Å². The number of ether oxygens (including phenoxy) is 1. The second kappa shape index (κ2) is 10.9. The van der Waals surface area contributed by atoms with Crippen molar-refractivity contribution >= 4 is 6.29 Å². The maximum Gasteiger partial charge on any atom is 0.142 e. The molecule has 0 aliphatic rings. The standard InChI is InChI=1S/C13H20O2/c1-3-4-10-13(15-2)11-8-6-5-7-9-12-14/h5-9,11-13H,3-4,10H2,1-2H3/b6-5+,9-7+,11-8+. The Kier molecular flexibility index (Phi) is 10.1. The van der Waals surface area contributed by atoms with Crippen LogP contribution in [0.5, 0.6) is 0 Å². The van der Waals surface area contributed by atoms with Gasteiger partial charge in [0.2, 0.25) is 0 Å². The highest BCUT2D eigenvalue weighted by molar-refractivity contribution is 5.65. The van der Waals surface area contributed by atoms with Crippen LogP contribution in [0, 0.1) is 0 Å². The molecule has 0 spiro atoms. The van der Waals surface area contributed by atoms with Crippen LogP contribution in [0.1, 0.15) is 26.2 Å². The maximum absolute atomic E-state index is 9.95. The minimum absolute atomic E-state index is 0.199. The lowest BCUT2D eigenvalue weighted by Crippen LogP contribution is -2.05. The first-order valence-corrected chi connectivity index (χ1v) is 5.33. The zero-order valence-corrected chi connectivity index (χ0v) is 9.56. The van der Waals surface area contributed by atoms with Crippen molar-refractivity contribution in [3.8, 4) is 0 Å². The zero-order valence-electron chi connectivity index (χ0n) is 9.56. The van der Waals surface area contributed by atoms with E-state index in [0.29, 0.717) is 0 Å². The third-order valence-corrected chi connectivity index (χ3v) is 1.99. The van der Waals surface area contributed by atoms with Crippen LogP contribution in [-0.2, 0) is 9.53 Å². The molecule has 84 valence electrons. The third-order valence-electron chi connectivity index (χ3n) is 1.99. The highest BCUT2D eigenvalue weighted by atomic mass is 16.5. The van der Waals surface area contributed by atoms with Crippen molar-refractivity contribution in [1.82, 2.24) is 0 Å². The summed E-state index contributed by atoms with van der Waals surface area (Å²) in [5, 5.41) is 0. The molecule has 0 aromatic heterocycles. The van der Waals surface area contributed by atoms with Crippen LogP contribution in [0.4, 0.5) is 0 Å². The highest BCUT2D eigenvalue weighted by Gasteiger charge is 1.99. The van der Waals surface area contributed by atoms with Crippen LogP contribution in [0.2, 0.25) is 0 Å². The molecule has 0 rings (SSSR count). The van der Waals surface area contributed by atoms with Crippen LogP contribution in [0.25, 0.3) is 0 Å². The number of unbranched alkanes of at least 4 members (excludes halogenated alkanes) is 1. The summed E-state index contributed by atoms with van der Waals surface area (Å²) in [7, 11) is 1.72. The van der Waals surface area contributed by atoms with Crippen LogP contribution in [-0.4, -0.2) is 19.5 Å². The van der Waals surface area contributed by atoms with E-state index >= 15 is 0 Å². The number of hydrogen-bond donors (Lipinski definition) is 0. The molecular weight excluding hydrogens is 188 g/mol. The molecule has 0 radical (unpaired) electrons. The van der Waals surface area contributed by atoms with Gasteiger partial charge in [0.1, 0.15) is 6.29 Å². The number of aldehydes is 1. The quantitative estimate of drug-likeness (QED) is 0.348. The fourth-order valence-corrected chi connectivity index (χ4v) is 1.12. The van der Waals surface area contributed by atoms with Gasteiger partial charge in [-0.25, -0.2) is 0 Å². The molecule has 0 heterocycles. The minimum Gasteiger partial charge on any atom is -0.377 e. The van der Waals surface area contributed by atoms with Gasteiger partial charge >= 0.3 is 0 Å². The van der Waals surface area contributed by atoms with E-state index in [-0.39, 0.29) is 6.10 Å². The number of hydrogen-bond acceptors (Lipinski definition) is 2. The Labute approximate surface area is 92.3 Å². The van der Waals surface area contributed by atoms with E-state index in [9.17, 15) is 4.79 Å². The maximum atomic E-state index is 9.95. The van der Waals surface area contributed by atoms with Crippen molar-refractivity contribution in [2.24, 2.45) is 0 Å². The Hall–Kier alpha value is -1.15. The number of carbonyl (C=O) groups is 1. The van der Waals surface area contributed by atoms with Gasteiger partial charge in [0, 0.05) is 7.11 Å². The van der Waals surface area contributed by atoms with Crippen LogP contribution in [0.15, 0.2) is 36.5 Å². The number of rotatable bonds is 8. The molecule has 15 heavy (non-hydrogen) atoms. The van der Waals surface area contributed by atoms with E-state index in [1.807, 2.05) is 24.3 Å². The SMILES string of the molecule is CCCCC(/C=C/C=C/C=C/C=O)OC. The van der Waals surface area contributed by atoms with Crippen molar-refractivity contribution in [2.75, 3.05) is 7.11 Å². The van der Waals surface area contributed by atoms with Crippen LogP contribution < -0.4 is 0 Å². The summed E-state index contributed by atoms with van der Waals surface area (Å²) in [5.74, 6) is 0. The minimum atomic E-state index is 0.199. The number of allylic oxidation sites excluding steroid dienone is 5. The fraction of sp³-hybridized carbons (Fsp3) is 0.462. The zero-order chi connectivity index (χ0) is 11.4. The average Bonchev–Trinajstić information content (AvgIpc) is 2.27. The second-order valence-corrected chi connectivity index (χ2v) is 3.21. The van der Waals surface area contributed by atoms with Gasteiger partial charge in [0.25, 0.3) is 0 Å². The lowest BCUT2D eigenvalue weighted by Gasteiger charge is -2.08. The Morgan fingerprint density at radius 1 is 1.13 bits per heavy atom. The van der Waals surface area contributed by atoms with Crippen molar-refractivity contribution in [3.63, 3.8) is 0 Å². The summed E-state index contributed by atoms with van der Waals surface area (Å²) in [5.41, 5.74) is 0. The highest BCUT2D eigenvalue weighted by Crippen LogP contribution is 2.05. The van der Waals surface area contributed by atoms with Gasteiger partial charge in [0.15, 0.2) is 0 Å². The van der Waals surface area contributed by atoms with E-state index in [2.05, 4.69) is 6.92 Å². The summed E-state index contributed by atoms with van der Waals surface area (Å²) >= 11 is 0. The van der Waals surface area contributed by atoms with E-state index < -0.39 is 0 Å². The number of carbonyl (C=O) groups excluding carboxylic acids is 1. The molecule has 0 amide bonds. The summed E-state index contributed by atoms with van der Waals surface area (Å²) < 4.78 is 5.29. The van der Waals surface area contributed by atoms with Gasteiger partial charge < -0.3 is 4.74 Å². The van der Waals surface area contributed by atoms with Crippen LogP contribution in [0.3, 0.4) is 0 Å². The van der Waals surface area contributed by atoms with E-state index in [0.717, 1.165) is 12.7 Å². The molecule has 0 aliphatic carbocycles. The van der Waals surface area contributed by atoms with Gasteiger partial charge in [0.05, 0.1) is 6.10 Å². The third kappa shape index (κ3) is 9.16.